The Labute approximate surface area is 161 Å². The molecule has 1 aliphatic carbocycles. The summed E-state index contributed by atoms with van der Waals surface area (Å²) in [7, 11) is 0. The van der Waals surface area contributed by atoms with Gasteiger partial charge in [0.05, 0.1) is 28.8 Å². The molecule has 1 saturated carbocycles. The van der Waals surface area contributed by atoms with E-state index in [4.69, 9.17) is 0 Å². The van der Waals surface area contributed by atoms with Crippen LogP contribution in [-0.4, -0.2) is 9.54 Å². The fraction of sp³-hybridized carbons (Fsp3) is 0.381. The van der Waals surface area contributed by atoms with Crippen molar-refractivity contribution in [2.45, 2.75) is 55.7 Å². The lowest BCUT2D eigenvalue weighted by molar-refractivity contribution is 0.588. The van der Waals surface area contributed by atoms with Gasteiger partial charge in [-0.3, -0.25) is 4.79 Å². The molecule has 1 unspecified atom stereocenters. The molecule has 2 aromatic rings. The van der Waals surface area contributed by atoms with E-state index in [0.29, 0.717) is 21.3 Å². The number of nitrogens with one attached hydrogen (secondary N) is 1. The molecule has 1 atom stereocenters. The molecule has 1 heterocycles. The van der Waals surface area contributed by atoms with Gasteiger partial charge in [-0.05, 0) is 44.1 Å². The molecule has 0 bridgehead atoms. The summed E-state index contributed by atoms with van der Waals surface area (Å²) in [6.45, 7) is 5.66. The minimum Gasteiger partial charge on any atom is -0.606 e. The Hall–Kier alpha value is -2.54. The standard InChI is InChI=1S/C21H21N3O2S/c1-12(2)19-20(18(9-14-4-5-14)13(3)24-21(19)25)27(26)17-7-15(10-22)6-16(8-17)11-23/h6-8,12,14H,4-5,9H2,1-3H3,(H,24,25). The zero-order chi connectivity index (χ0) is 19.7. The van der Waals surface area contributed by atoms with Crippen LogP contribution in [0.5, 0.6) is 0 Å². The molecule has 138 valence electrons. The van der Waals surface area contributed by atoms with Gasteiger partial charge < -0.3 is 9.54 Å². The third-order valence-corrected chi connectivity index (χ3v) is 6.35. The summed E-state index contributed by atoms with van der Waals surface area (Å²) in [4.78, 5) is 16.5. The molecule has 0 saturated heterocycles. The number of hydrogen-bond acceptors (Lipinski definition) is 4. The molecule has 6 heteroatoms. The van der Waals surface area contributed by atoms with Crippen molar-refractivity contribution < 1.29 is 4.55 Å². The summed E-state index contributed by atoms with van der Waals surface area (Å²) >= 11 is -1.65. The Morgan fingerprint density at radius 3 is 2.30 bits per heavy atom. The van der Waals surface area contributed by atoms with Crippen LogP contribution in [0, 0.1) is 35.5 Å². The van der Waals surface area contributed by atoms with Gasteiger partial charge in [0.2, 0.25) is 0 Å². The third-order valence-electron chi connectivity index (χ3n) is 4.85. The summed E-state index contributed by atoms with van der Waals surface area (Å²) in [5.74, 6) is 0.464. The Morgan fingerprint density at radius 1 is 1.22 bits per heavy atom. The van der Waals surface area contributed by atoms with Gasteiger partial charge in [-0.2, -0.15) is 10.5 Å². The van der Waals surface area contributed by atoms with Crippen LogP contribution in [0.25, 0.3) is 0 Å². The summed E-state index contributed by atoms with van der Waals surface area (Å²) < 4.78 is 13.6. The Kier molecular flexibility index (Phi) is 5.41. The van der Waals surface area contributed by atoms with E-state index in [1.165, 1.54) is 6.07 Å². The molecule has 0 radical (unpaired) electrons. The molecule has 5 nitrogen and oxygen atoms in total. The van der Waals surface area contributed by atoms with Gasteiger partial charge in [-0.1, -0.05) is 13.8 Å². The molecule has 0 aliphatic heterocycles. The second-order valence-corrected chi connectivity index (χ2v) is 8.76. The van der Waals surface area contributed by atoms with E-state index >= 15 is 0 Å². The topological polar surface area (TPSA) is 104 Å². The van der Waals surface area contributed by atoms with Gasteiger partial charge in [-0.15, -0.1) is 0 Å². The number of hydrogen-bond donors (Lipinski definition) is 1. The first kappa shape index (κ1) is 19.2. The monoisotopic (exact) mass is 379 g/mol. The van der Waals surface area contributed by atoms with E-state index in [-0.39, 0.29) is 22.6 Å². The largest absolute Gasteiger partial charge is 0.606 e. The van der Waals surface area contributed by atoms with E-state index < -0.39 is 11.2 Å². The number of aryl methyl sites for hydroxylation is 1. The highest BCUT2D eigenvalue weighted by atomic mass is 32.2. The first-order valence-electron chi connectivity index (χ1n) is 8.98. The van der Waals surface area contributed by atoms with Crippen LogP contribution < -0.4 is 5.56 Å². The second kappa shape index (κ2) is 7.60. The number of nitriles is 2. The molecule has 1 N–H and O–H groups in total. The van der Waals surface area contributed by atoms with Gasteiger partial charge in [0.25, 0.3) is 5.56 Å². The third kappa shape index (κ3) is 3.93. The van der Waals surface area contributed by atoms with Crippen LogP contribution in [0.15, 0.2) is 32.8 Å². The van der Waals surface area contributed by atoms with Gasteiger partial charge in [0.15, 0.2) is 9.79 Å². The lowest BCUT2D eigenvalue weighted by Crippen LogP contribution is -2.24. The SMILES string of the molecule is Cc1[nH]c(=O)c(C(C)C)c([S+]([O-])c2cc(C#N)cc(C#N)c2)c1CC1CC1. The molecule has 27 heavy (non-hydrogen) atoms. The summed E-state index contributed by atoms with van der Waals surface area (Å²) in [6.07, 6.45) is 3.07. The predicted molar refractivity (Wildman–Crippen MR) is 103 cm³/mol. The zero-order valence-corrected chi connectivity index (χ0v) is 16.4. The Morgan fingerprint density at radius 2 is 1.81 bits per heavy atom. The highest BCUT2D eigenvalue weighted by Crippen LogP contribution is 2.38. The Balaban J connectivity index is 2.24. The van der Waals surface area contributed by atoms with Crippen molar-refractivity contribution in [1.29, 1.82) is 10.5 Å². The van der Waals surface area contributed by atoms with E-state index in [1.807, 2.05) is 32.9 Å². The van der Waals surface area contributed by atoms with Crippen LogP contribution in [0.1, 0.15) is 60.6 Å². The number of benzene rings is 1. The first-order chi connectivity index (χ1) is 12.8. The number of rotatable bonds is 5. The number of pyridine rings is 1. The average molecular weight is 379 g/mol. The van der Waals surface area contributed by atoms with Gasteiger partial charge in [0.1, 0.15) is 0 Å². The minimum absolute atomic E-state index is 0.0964. The van der Waals surface area contributed by atoms with Crippen molar-refractivity contribution in [2.75, 3.05) is 0 Å². The Bertz CT molecular complexity index is 991. The van der Waals surface area contributed by atoms with E-state index in [9.17, 15) is 19.9 Å². The summed E-state index contributed by atoms with van der Waals surface area (Å²) in [5, 5.41) is 18.5. The number of nitrogens with zero attached hydrogens (tertiary/aromatic N) is 2. The zero-order valence-electron chi connectivity index (χ0n) is 15.6. The fourth-order valence-electron chi connectivity index (χ4n) is 3.29. The molecular formula is C21H21N3O2S. The summed E-state index contributed by atoms with van der Waals surface area (Å²) in [6, 6.07) is 8.57. The van der Waals surface area contributed by atoms with Crippen molar-refractivity contribution >= 4 is 11.2 Å². The van der Waals surface area contributed by atoms with Crippen LogP contribution in [0.4, 0.5) is 0 Å². The lowest BCUT2D eigenvalue weighted by atomic mass is 9.99. The lowest BCUT2D eigenvalue weighted by Gasteiger charge is -2.20. The molecule has 1 fully saturated rings. The maximum Gasteiger partial charge on any atom is 0.256 e. The predicted octanol–water partition coefficient (Wildman–Crippen LogP) is 3.67. The van der Waals surface area contributed by atoms with E-state index in [2.05, 4.69) is 4.98 Å². The van der Waals surface area contributed by atoms with Crippen molar-refractivity contribution in [3.05, 3.63) is 56.5 Å². The fourth-order valence-corrected chi connectivity index (χ4v) is 4.99. The highest BCUT2D eigenvalue weighted by molar-refractivity contribution is 7.91. The van der Waals surface area contributed by atoms with E-state index in [0.717, 1.165) is 30.5 Å². The van der Waals surface area contributed by atoms with Crippen LogP contribution >= 0.6 is 0 Å². The number of H-pyrrole nitrogens is 1. The minimum atomic E-state index is -1.65. The van der Waals surface area contributed by atoms with Crippen molar-refractivity contribution in [2.24, 2.45) is 5.92 Å². The van der Waals surface area contributed by atoms with Gasteiger partial charge >= 0.3 is 0 Å². The maximum absolute atomic E-state index is 13.6. The summed E-state index contributed by atoms with van der Waals surface area (Å²) in [5.41, 5.74) is 2.55. The molecule has 1 aromatic heterocycles. The van der Waals surface area contributed by atoms with Gasteiger partial charge in [-0.25, -0.2) is 0 Å². The smallest absolute Gasteiger partial charge is 0.256 e. The van der Waals surface area contributed by atoms with Crippen LogP contribution in [-0.2, 0) is 17.6 Å². The second-order valence-electron chi connectivity index (χ2n) is 7.34. The average Bonchev–Trinajstić information content (AvgIpc) is 3.46. The molecule has 3 rings (SSSR count). The molecule has 1 aliphatic rings. The van der Waals surface area contributed by atoms with Crippen molar-refractivity contribution in [3.63, 3.8) is 0 Å². The van der Waals surface area contributed by atoms with E-state index in [1.54, 1.807) is 12.1 Å². The number of aromatic amines is 1. The molecule has 0 spiro atoms. The van der Waals surface area contributed by atoms with Crippen LogP contribution in [0.3, 0.4) is 0 Å². The van der Waals surface area contributed by atoms with Crippen LogP contribution in [0.2, 0.25) is 0 Å². The van der Waals surface area contributed by atoms with Gasteiger partial charge in [0, 0.05) is 34.6 Å². The molecule has 1 aromatic carbocycles. The highest BCUT2D eigenvalue weighted by Gasteiger charge is 2.33. The first-order valence-corrected chi connectivity index (χ1v) is 10.1. The number of aromatic nitrogens is 1. The maximum atomic E-state index is 13.6. The van der Waals surface area contributed by atoms with Crippen molar-refractivity contribution in [3.8, 4) is 12.1 Å². The quantitative estimate of drug-likeness (QED) is 0.800. The molecular weight excluding hydrogens is 358 g/mol. The normalized spacial score (nSPS) is 14.6. The molecule has 0 amide bonds. The van der Waals surface area contributed by atoms with Crippen molar-refractivity contribution in [1.82, 2.24) is 4.98 Å².